The van der Waals surface area contributed by atoms with Gasteiger partial charge in [0.25, 0.3) is 11.8 Å². The molecule has 6 rings (SSSR count). The summed E-state index contributed by atoms with van der Waals surface area (Å²) >= 11 is 6.07. The second-order valence-corrected chi connectivity index (χ2v) is 12.5. The number of sulfone groups is 1. The number of hydrogen-bond donors (Lipinski definition) is 0. The molecule has 0 spiro atoms. The minimum Gasteiger partial charge on any atom is -0.497 e. The zero-order valence-corrected chi connectivity index (χ0v) is 24.4. The van der Waals surface area contributed by atoms with E-state index in [0.717, 1.165) is 17.0 Å². The van der Waals surface area contributed by atoms with E-state index in [9.17, 15) is 18.0 Å². The van der Waals surface area contributed by atoms with E-state index in [4.69, 9.17) is 16.3 Å². The third kappa shape index (κ3) is 5.10. The maximum Gasteiger partial charge on any atom is 0.259 e. The minimum atomic E-state index is -4.04. The molecular weight excluding hydrogens is 574 g/mol. The molecule has 0 radical (unpaired) electrons. The lowest BCUT2D eigenvalue weighted by atomic mass is 10.1. The fourth-order valence-electron chi connectivity index (χ4n) is 5.41. The first-order valence-corrected chi connectivity index (χ1v) is 15.3. The topological polar surface area (TPSA) is 87.2 Å². The fraction of sp³-hybridized carbons (Fsp3) is 0.188. The van der Waals surface area contributed by atoms with E-state index in [2.05, 4.69) is 4.90 Å². The highest BCUT2D eigenvalue weighted by molar-refractivity contribution is 7.91. The number of methoxy groups -OCH3 is 1. The number of hydrogen-bond acceptors (Lipinski definition) is 6. The molecule has 0 aromatic heterocycles. The Balaban J connectivity index is 1.32. The smallest absolute Gasteiger partial charge is 0.259 e. The lowest BCUT2D eigenvalue weighted by molar-refractivity contribution is 0.0746. The summed E-state index contributed by atoms with van der Waals surface area (Å²) in [7, 11) is -2.41. The Morgan fingerprint density at radius 2 is 1.55 bits per heavy atom. The van der Waals surface area contributed by atoms with Gasteiger partial charge < -0.3 is 19.4 Å². The molecule has 0 aliphatic carbocycles. The molecule has 4 aromatic rings. The van der Waals surface area contributed by atoms with Crippen molar-refractivity contribution in [2.24, 2.45) is 0 Å². The Morgan fingerprint density at radius 1 is 0.857 bits per heavy atom. The van der Waals surface area contributed by atoms with E-state index in [0.29, 0.717) is 36.8 Å². The SMILES string of the molecule is COc1ccc(N2CCN(C(=O)c3ccc4c(c3)N(Cc3ccc(Cl)cc3)C(=O)c3ccccc3S4(=O)=O)CC2)cc1. The zero-order valence-electron chi connectivity index (χ0n) is 22.9. The molecule has 2 aliphatic rings. The van der Waals surface area contributed by atoms with Crippen molar-refractivity contribution in [2.75, 3.05) is 43.1 Å². The first-order chi connectivity index (χ1) is 20.3. The van der Waals surface area contributed by atoms with Gasteiger partial charge in [-0.05, 0) is 72.3 Å². The Morgan fingerprint density at radius 3 is 2.24 bits per heavy atom. The van der Waals surface area contributed by atoms with E-state index in [-0.39, 0.29) is 33.5 Å². The van der Waals surface area contributed by atoms with Crippen molar-refractivity contribution in [1.29, 1.82) is 0 Å². The molecule has 42 heavy (non-hydrogen) atoms. The largest absolute Gasteiger partial charge is 0.497 e. The molecular formula is C32H28ClN3O5S. The van der Waals surface area contributed by atoms with Gasteiger partial charge in [0.05, 0.1) is 34.7 Å². The van der Waals surface area contributed by atoms with E-state index in [1.54, 1.807) is 48.4 Å². The second kappa shape index (κ2) is 11.2. The van der Waals surface area contributed by atoms with Crippen LogP contribution in [0.15, 0.2) is 101 Å². The Hall–Kier alpha value is -4.34. The van der Waals surface area contributed by atoms with Crippen LogP contribution in [0.5, 0.6) is 5.75 Å². The van der Waals surface area contributed by atoms with Crippen LogP contribution in [-0.4, -0.2) is 58.4 Å². The van der Waals surface area contributed by atoms with Crippen LogP contribution >= 0.6 is 11.6 Å². The van der Waals surface area contributed by atoms with Crippen molar-refractivity contribution >= 4 is 44.6 Å². The number of anilines is 2. The summed E-state index contributed by atoms with van der Waals surface area (Å²) in [5, 5.41) is 0.550. The third-order valence-electron chi connectivity index (χ3n) is 7.70. The van der Waals surface area contributed by atoms with Gasteiger partial charge in [0.1, 0.15) is 5.75 Å². The molecule has 2 aliphatic heterocycles. The van der Waals surface area contributed by atoms with Gasteiger partial charge in [0.2, 0.25) is 9.84 Å². The molecule has 0 bridgehead atoms. The average Bonchev–Trinajstić information content (AvgIpc) is 3.09. The molecule has 0 N–H and O–H groups in total. The summed E-state index contributed by atoms with van der Waals surface area (Å²) in [5.74, 6) is 0.107. The molecule has 1 fully saturated rings. The molecule has 2 amide bonds. The number of carbonyl (C=O) groups is 2. The number of halogens is 1. The molecule has 8 nitrogen and oxygen atoms in total. The van der Waals surface area contributed by atoms with Crippen LogP contribution in [0.25, 0.3) is 0 Å². The normalized spacial score (nSPS) is 16.0. The Labute approximate surface area is 249 Å². The van der Waals surface area contributed by atoms with Gasteiger partial charge in [-0.2, -0.15) is 0 Å². The Kier molecular flexibility index (Phi) is 7.38. The number of nitrogens with zero attached hydrogens (tertiary/aromatic N) is 3. The summed E-state index contributed by atoms with van der Waals surface area (Å²) in [4.78, 5) is 32.9. The quantitative estimate of drug-likeness (QED) is 0.308. The first-order valence-electron chi connectivity index (χ1n) is 13.5. The van der Waals surface area contributed by atoms with E-state index in [1.807, 2.05) is 24.3 Å². The van der Waals surface area contributed by atoms with Gasteiger partial charge in [-0.25, -0.2) is 8.42 Å². The van der Waals surface area contributed by atoms with E-state index in [1.165, 1.54) is 35.2 Å². The molecule has 0 atom stereocenters. The maximum absolute atomic E-state index is 13.9. The number of carbonyl (C=O) groups excluding carboxylic acids is 2. The van der Waals surface area contributed by atoms with Crippen LogP contribution < -0.4 is 14.5 Å². The summed E-state index contributed by atoms with van der Waals surface area (Å²) in [6.07, 6.45) is 0. The number of benzene rings is 4. The second-order valence-electron chi connectivity index (χ2n) is 10.2. The maximum atomic E-state index is 13.9. The van der Waals surface area contributed by atoms with Crippen molar-refractivity contribution < 1.29 is 22.7 Å². The average molecular weight is 602 g/mol. The van der Waals surface area contributed by atoms with Crippen molar-refractivity contribution in [2.45, 2.75) is 16.3 Å². The number of ether oxygens (including phenoxy) is 1. The van der Waals surface area contributed by atoms with E-state index >= 15 is 0 Å². The highest BCUT2D eigenvalue weighted by Gasteiger charge is 2.36. The molecule has 2 heterocycles. The molecule has 214 valence electrons. The molecule has 4 aromatic carbocycles. The van der Waals surface area contributed by atoms with Crippen LogP contribution in [-0.2, 0) is 16.4 Å². The standard InChI is InChI=1S/C32H28ClN3O5S/c1-41-26-13-11-25(12-14-26)34-16-18-35(19-17-34)31(37)23-8-15-30-28(20-23)36(21-22-6-9-24(33)10-7-22)32(38)27-4-2-3-5-29(27)42(30,39)40/h2-15,20H,16-19,21H2,1H3. The highest BCUT2D eigenvalue weighted by Crippen LogP contribution is 2.38. The molecule has 0 unspecified atom stereocenters. The molecule has 0 saturated carbocycles. The summed E-state index contributed by atoms with van der Waals surface area (Å²) in [6, 6.07) is 25.5. The van der Waals surface area contributed by atoms with Crippen LogP contribution in [0.1, 0.15) is 26.3 Å². The van der Waals surface area contributed by atoms with Gasteiger partial charge in [0, 0.05) is 42.5 Å². The van der Waals surface area contributed by atoms with Crippen molar-refractivity contribution in [3.8, 4) is 5.75 Å². The van der Waals surface area contributed by atoms with Crippen molar-refractivity contribution in [3.05, 3.63) is 113 Å². The predicted octanol–water partition coefficient (Wildman–Crippen LogP) is 5.30. The number of rotatable bonds is 5. The monoisotopic (exact) mass is 601 g/mol. The van der Waals surface area contributed by atoms with Crippen LogP contribution in [0.2, 0.25) is 5.02 Å². The van der Waals surface area contributed by atoms with Gasteiger partial charge in [-0.15, -0.1) is 0 Å². The van der Waals surface area contributed by atoms with Gasteiger partial charge >= 0.3 is 0 Å². The van der Waals surface area contributed by atoms with Crippen molar-refractivity contribution in [3.63, 3.8) is 0 Å². The third-order valence-corrected chi connectivity index (χ3v) is 9.81. The number of fused-ring (bicyclic) bond motifs is 2. The van der Waals surface area contributed by atoms with Crippen LogP contribution in [0.3, 0.4) is 0 Å². The van der Waals surface area contributed by atoms with Crippen LogP contribution in [0.4, 0.5) is 11.4 Å². The zero-order chi connectivity index (χ0) is 29.4. The van der Waals surface area contributed by atoms with E-state index < -0.39 is 15.7 Å². The minimum absolute atomic E-state index is 0.0179. The lowest BCUT2D eigenvalue weighted by Crippen LogP contribution is -2.48. The van der Waals surface area contributed by atoms with Gasteiger partial charge in [-0.3, -0.25) is 9.59 Å². The predicted molar refractivity (Wildman–Crippen MR) is 161 cm³/mol. The lowest BCUT2D eigenvalue weighted by Gasteiger charge is -2.36. The summed E-state index contributed by atoms with van der Waals surface area (Å²) in [6.45, 7) is 2.39. The van der Waals surface area contributed by atoms with Gasteiger partial charge in [-0.1, -0.05) is 35.9 Å². The molecule has 10 heteroatoms. The van der Waals surface area contributed by atoms with Crippen molar-refractivity contribution in [1.82, 2.24) is 4.90 Å². The number of piperazine rings is 1. The first kappa shape index (κ1) is 27.8. The van der Waals surface area contributed by atoms with Gasteiger partial charge in [0.15, 0.2) is 0 Å². The highest BCUT2D eigenvalue weighted by atomic mass is 35.5. The summed E-state index contributed by atoms with van der Waals surface area (Å²) in [5.41, 5.74) is 2.40. The molecule has 1 saturated heterocycles. The number of amides is 2. The summed E-state index contributed by atoms with van der Waals surface area (Å²) < 4.78 is 32.8. The fourth-order valence-corrected chi connectivity index (χ4v) is 7.17. The van der Waals surface area contributed by atoms with Crippen LogP contribution in [0, 0.1) is 0 Å². The Bertz CT molecular complexity index is 1770.